The van der Waals surface area contributed by atoms with Crippen LogP contribution in [0.1, 0.15) is 32.6 Å². The molecule has 0 aromatic rings. The minimum atomic E-state index is -0.501. The molecule has 2 aliphatic rings. The van der Waals surface area contributed by atoms with Crippen molar-refractivity contribution in [2.45, 2.75) is 38.6 Å². The second-order valence-electron chi connectivity index (χ2n) is 4.38. The summed E-state index contributed by atoms with van der Waals surface area (Å²) in [6.07, 6.45) is 4.29. The summed E-state index contributed by atoms with van der Waals surface area (Å²) >= 11 is 0. The maximum absolute atomic E-state index is 11.8. The largest absolute Gasteiger partial charge is 0.280 e. The van der Waals surface area contributed by atoms with Crippen molar-refractivity contribution in [1.29, 1.82) is 0 Å². The molecule has 0 N–H and O–H groups in total. The van der Waals surface area contributed by atoms with E-state index >= 15 is 0 Å². The minimum absolute atomic E-state index is 0.0727. The van der Waals surface area contributed by atoms with Gasteiger partial charge in [0.15, 0.2) is 6.04 Å². The summed E-state index contributed by atoms with van der Waals surface area (Å²) in [4.78, 5) is 25.0. The minimum Gasteiger partial charge on any atom is -0.280 e. The number of hydrogen-bond donors (Lipinski definition) is 0. The highest BCUT2D eigenvalue weighted by molar-refractivity contribution is 6.07. The van der Waals surface area contributed by atoms with Crippen molar-refractivity contribution >= 4 is 11.8 Å². The molecule has 2 aliphatic heterocycles. The van der Waals surface area contributed by atoms with Crippen LogP contribution in [0.5, 0.6) is 0 Å². The number of carbonyl (C=O) groups is 2. The van der Waals surface area contributed by atoms with Crippen molar-refractivity contribution < 1.29 is 9.59 Å². The molecule has 2 rings (SSSR count). The van der Waals surface area contributed by atoms with E-state index in [1.54, 1.807) is 0 Å². The molecule has 1 fully saturated rings. The molecule has 0 unspecified atom stereocenters. The van der Waals surface area contributed by atoms with Gasteiger partial charge in [-0.1, -0.05) is 26.2 Å². The predicted octanol–water partition coefficient (Wildman–Crippen LogP) is 1.39. The van der Waals surface area contributed by atoms with Gasteiger partial charge in [-0.3, -0.25) is 14.5 Å². The Balaban J connectivity index is 1.88. The fourth-order valence-electron chi connectivity index (χ4n) is 2.22. The van der Waals surface area contributed by atoms with E-state index < -0.39 is 6.04 Å². The van der Waals surface area contributed by atoms with Crippen LogP contribution in [0.25, 0.3) is 0 Å². The van der Waals surface area contributed by atoms with E-state index in [4.69, 9.17) is 0 Å². The molecule has 2 atom stereocenters. The summed E-state index contributed by atoms with van der Waals surface area (Å²) in [5.74, 6) is -0.511. The molecule has 0 spiro atoms. The van der Waals surface area contributed by atoms with Gasteiger partial charge in [-0.2, -0.15) is 10.2 Å². The van der Waals surface area contributed by atoms with Crippen LogP contribution in [0, 0.1) is 5.92 Å². The van der Waals surface area contributed by atoms with E-state index in [-0.39, 0.29) is 17.7 Å². The highest BCUT2D eigenvalue weighted by Crippen LogP contribution is 2.28. The Hall–Kier alpha value is -1.26. The monoisotopic (exact) mass is 223 g/mol. The van der Waals surface area contributed by atoms with E-state index in [9.17, 15) is 9.59 Å². The van der Waals surface area contributed by atoms with Crippen molar-refractivity contribution in [2.24, 2.45) is 16.1 Å². The van der Waals surface area contributed by atoms with E-state index in [2.05, 4.69) is 17.2 Å². The Labute approximate surface area is 94.9 Å². The lowest BCUT2D eigenvalue weighted by Gasteiger charge is -2.14. The van der Waals surface area contributed by atoms with E-state index in [1.165, 1.54) is 4.90 Å². The lowest BCUT2D eigenvalue weighted by Crippen LogP contribution is -2.33. The fourth-order valence-corrected chi connectivity index (χ4v) is 2.22. The zero-order chi connectivity index (χ0) is 11.5. The normalized spacial score (nSPS) is 27.9. The van der Waals surface area contributed by atoms with Gasteiger partial charge in [-0.05, 0) is 6.42 Å². The van der Waals surface area contributed by atoms with Gasteiger partial charge in [0.25, 0.3) is 5.91 Å². The van der Waals surface area contributed by atoms with Crippen molar-refractivity contribution in [2.75, 3.05) is 13.1 Å². The molecule has 88 valence electrons. The summed E-state index contributed by atoms with van der Waals surface area (Å²) in [6, 6.07) is -0.501. The number of azo groups is 1. The van der Waals surface area contributed by atoms with Gasteiger partial charge in [-0.25, -0.2) is 0 Å². The summed E-state index contributed by atoms with van der Waals surface area (Å²) in [5, 5.41) is 7.61. The molecule has 2 amide bonds. The molecular formula is C11H17N3O2. The van der Waals surface area contributed by atoms with Crippen molar-refractivity contribution in [3.8, 4) is 0 Å². The molecule has 0 aromatic carbocycles. The molecule has 5 heteroatoms. The van der Waals surface area contributed by atoms with Crippen LogP contribution in [0.2, 0.25) is 0 Å². The zero-order valence-electron chi connectivity index (χ0n) is 9.56. The topological polar surface area (TPSA) is 62.1 Å². The quantitative estimate of drug-likeness (QED) is 0.522. The molecule has 5 nitrogen and oxygen atoms in total. The van der Waals surface area contributed by atoms with Crippen LogP contribution in [0.4, 0.5) is 0 Å². The van der Waals surface area contributed by atoms with Crippen LogP contribution < -0.4 is 0 Å². The van der Waals surface area contributed by atoms with Gasteiger partial charge in [-0.15, -0.1) is 0 Å². The third-order valence-electron chi connectivity index (χ3n) is 3.20. The van der Waals surface area contributed by atoms with Crippen LogP contribution >= 0.6 is 0 Å². The molecular weight excluding hydrogens is 206 g/mol. The van der Waals surface area contributed by atoms with Gasteiger partial charge < -0.3 is 0 Å². The van der Waals surface area contributed by atoms with Crippen LogP contribution in [0.15, 0.2) is 10.2 Å². The molecule has 0 bridgehead atoms. The standard InChI is InChI=1S/C11H17N3O2/c1-2-3-4-5-6-14-10(15)8-7-12-13-9(8)11(14)16/h8-9H,2-7H2,1H3/t8-,9-/m1/s1. The average Bonchev–Trinajstić information content (AvgIpc) is 2.83. The number of imide groups is 1. The zero-order valence-corrected chi connectivity index (χ0v) is 9.56. The van der Waals surface area contributed by atoms with Crippen molar-refractivity contribution in [3.05, 3.63) is 0 Å². The maximum atomic E-state index is 11.8. The fraction of sp³-hybridized carbons (Fsp3) is 0.818. The number of rotatable bonds is 5. The van der Waals surface area contributed by atoms with Gasteiger partial charge in [0, 0.05) is 6.54 Å². The summed E-state index contributed by atoms with van der Waals surface area (Å²) < 4.78 is 0. The number of likely N-dealkylation sites (tertiary alicyclic amines) is 1. The number of nitrogens with zero attached hydrogens (tertiary/aromatic N) is 3. The Bertz CT molecular complexity index is 327. The van der Waals surface area contributed by atoms with Crippen molar-refractivity contribution in [3.63, 3.8) is 0 Å². The number of hydrogen-bond acceptors (Lipinski definition) is 4. The first-order valence-electron chi connectivity index (χ1n) is 5.97. The lowest BCUT2D eigenvalue weighted by atomic mass is 10.1. The second kappa shape index (κ2) is 4.72. The molecule has 0 radical (unpaired) electrons. The third kappa shape index (κ3) is 1.86. The van der Waals surface area contributed by atoms with Gasteiger partial charge in [0.05, 0.1) is 12.5 Å². The average molecular weight is 223 g/mol. The highest BCUT2D eigenvalue weighted by atomic mass is 16.2. The highest BCUT2D eigenvalue weighted by Gasteiger charge is 2.49. The lowest BCUT2D eigenvalue weighted by molar-refractivity contribution is -0.139. The number of carbonyl (C=O) groups excluding carboxylic acids is 2. The molecule has 16 heavy (non-hydrogen) atoms. The van der Waals surface area contributed by atoms with E-state index in [1.807, 2.05) is 0 Å². The molecule has 2 heterocycles. The van der Waals surface area contributed by atoms with E-state index in [0.717, 1.165) is 25.7 Å². The molecule has 0 aliphatic carbocycles. The first-order chi connectivity index (χ1) is 7.75. The number of unbranched alkanes of at least 4 members (excludes halogenated alkanes) is 3. The third-order valence-corrected chi connectivity index (χ3v) is 3.20. The first kappa shape index (κ1) is 11.2. The Kier molecular flexibility index (Phi) is 3.31. The smallest absolute Gasteiger partial charge is 0.256 e. The Morgan fingerprint density at radius 1 is 1.25 bits per heavy atom. The summed E-state index contributed by atoms with van der Waals surface area (Å²) in [5.41, 5.74) is 0. The first-order valence-corrected chi connectivity index (χ1v) is 5.97. The van der Waals surface area contributed by atoms with E-state index in [0.29, 0.717) is 13.1 Å². The molecule has 0 saturated carbocycles. The summed E-state index contributed by atoms with van der Waals surface area (Å²) in [6.45, 7) is 3.08. The SMILES string of the molecule is CCCCCCN1C(=O)[C@@H]2CN=N[C@H]2C1=O. The van der Waals surface area contributed by atoms with Crippen LogP contribution in [-0.4, -0.2) is 35.8 Å². The van der Waals surface area contributed by atoms with Crippen LogP contribution in [-0.2, 0) is 9.59 Å². The van der Waals surface area contributed by atoms with Crippen molar-refractivity contribution in [1.82, 2.24) is 4.90 Å². The predicted molar refractivity (Wildman–Crippen MR) is 57.9 cm³/mol. The Morgan fingerprint density at radius 3 is 2.75 bits per heavy atom. The van der Waals surface area contributed by atoms with Gasteiger partial charge >= 0.3 is 0 Å². The number of amides is 2. The maximum Gasteiger partial charge on any atom is 0.256 e. The summed E-state index contributed by atoms with van der Waals surface area (Å²) in [7, 11) is 0. The number of fused-ring (bicyclic) bond motifs is 1. The second-order valence-corrected chi connectivity index (χ2v) is 4.38. The molecule has 0 aromatic heterocycles. The van der Waals surface area contributed by atoms with Gasteiger partial charge in [0.2, 0.25) is 5.91 Å². The van der Waals surface area contributed by atoms with Gasteiger partial charge in [0.1, 0.15) is 0 Å². The van der Waals surface area contributed by atoms with Crippen LogP contribution in [0.3, 0.4) is 0 Å². The molecule has 1 saturated heterocycles. The Morgan fingerprint density at radius 2 is 2.06 bits per heavy atom.